The highest BCUT2D eigenvalue weighted by molar-refractivity contribution is 7.12. The van der Waals surface area contributed by atoms with Gasteiger partial charge in [0.15, 0.2) is 6.04 Å². The van der Waals surface area contributed by atoms with Crippen molar-refractivity contribution in [2.24, 2.45) is 0 Å². The second kappa shape index (κ2) is 8.01. The van der Waals surface area contributed by atoms with Crippen LogP contribution in [-0.4, -0.2) is 36.7 Å². The van der Waals surface area contributed by atoms with E-state index in [9.17, 15) is 9.59 Å². The van der Waals surface area contributed by atoms with E-state index in [1.165, 1.54) is 22.4 Å². The number of carbonyl (C=O) groups excluding carboxylic acids is 1. The number of nitrogens with one attached hydrogen (secondary N) is 1. The van der Waals surface area contributed by atoms with Crippen LogP contribution in [-0.2, 0) is 20.7 Å². The third-order valence-corrected chi connectivity index (χ3v) is 3.97. The molecule has 1 aromatic rings. The van der Waals surface area contributed by atoms with Crippen molar-refractivity contribution in [1.82, 2.24) is 5.32 Å². The van der Waals surface area contributed by atoms with E-state index in [1.54, 1.807) is 11.3 Å². The van der Waals surface area contributed by atoms with Crippen molar-refractivity contribution in [3.8, 4) is 0 Å². The van der Waals surface area contributed by atoms with E-state index >= 15 is 0 Å². The molecule has 2 N–H and O–H groups in total. The molecule has 1 atom stereocenters. The van der Waals surface area contributed by atoms with E-state index < -0.39 is 12.0 Å². The molecular formula is C14H21NO4S. The summed E-state index contributed by atoms with van der Waals surface area (Å²) in [6.45, 7) is 4.12. The lowest BCUT2D eigenvalue weighted by atomic mass is 10.1. The number of amides is 1. The fourth-order valence-electron chi connectivity index (χ4n) is 1.98. The molecule has 0 fully saturated rings. The van der Waals surface area contributed by atoms with E-state index in [2.05, 4.69) is 25.2 Å². The second-order valence-corrected chi connectivity index (χ2v) is 6.17. The Morgan fingerprint density at radius 1 is 1.45 bits per heavy atom. The Hall–Kier alpha value is -1.40. The molecule has 0 aliphatic heterocycles. The van der Waals surface area contributed by atoms with Gasteiger partial charge in [-0.05, 0) is 38.3 Å². The second-order valence-electron chi connectivity index (χ2n) is 4.71. The van der Waals surface area contributed by atoms with Gasteiger partial charge in [0.1, 0.15) is 0 Å². The van der Waals surface area contributed by atoms with Crippen molar-refractivity contribution in [2.45, 2.75) is 39.2 Å². The minimum Gasteiger partial charge on any atom is -0.480 e. The van der Waals surface area contributed by atoms with E-state index in [0.29, 0.717) is 12.8 Å². The highest BCUT2D eigenvalue weighted by atomic mass is 32.1. The number of carboxylic acid groups (broad SMARTS) is 1. The van der Waals surface area contributed by atoms with Crippen LogP contribution < -0.4 is 5.32 Å². The SMILES string of the molecule is COCC(NC(=O)CCCc1cc(C)sc1C)C(=O)O. The molecule has 6 heteroatoms. The standard InChI is InChI=1S/C14H21NO4S/c1-9-7-11(10(2)20-9)5-4-6-13(16)15-12(8-19-3)14(17)18/h7,12H,4-6,8H2,1-3H3,(H,15,16)(H,17,18). The minimum absolute atomic E-state index is 0.0239. The zero-order valence-corrected chi connectivity index (χ0v) is 12.9. The number of methoxy groups -OCH3 is 1. The number of hydrogen-bond acceptors (Lipinski definition) is 4. The van der Waals surface area contributed by atoms with Crippen LogP contribution in [0.2, 0.25) is 0 Å². The molecule has 1 unspecified atom stereocenters. The van der Waals surface area contributed by atoms with Crippen molar-refractivity contribution >= 4 is 23.2 Å². The number of aliphatic carboxylic acids is 1. The quantitative estimate of drug-likeness (QED) is 0.769. The van der Waals surface area contributed by atoms with Crippen molar-refractivity contribution in [1.29, 1.82) is 0 Å². The van der Waals surface area contributed by atoms with E-state index in [-0.39, 0.29) is 12.5 Å². The third kappa shape index (κ3) is 5.30. The Bertz CT molecular complexity index is 470. The number of ether oxygens (including phenoxy) is 1. The smallest absolute Gasteiger partial charge is 0.328 e. The fraction of sp³-hybridized carbons (Fsp3) is 0.571. The largest absolute Gasteiger partial charge is 0.480 e. The molecule has 112 valence electrons. The molecule has 0 aliphatic carbocycles. The summed E-state index contributed by atoms with van der Waals surface area (Å²) in [4.78, 5) is 25.1. The Morgan fingerprint density at radius 3 is 2.65 bits per heavy atom. The van der Waals surface area contributed by atoms with Crippen LogP contribution in [0.25, 0.3) is 0 Å². The lowest BCUT2D eigenvalue weighted by Crippen LogP contribution is -2.43. The van der Waals surface area contributed by atoms with E-state index in [4.69, 9.17) is 9.84 Å². The molecule has 1 rings (SSSR count). The van der Waals surface area contributed by atoms with Gasteiger partial charge in [-0.2, -0.15) is 0 Å². The van der Waals surface area contributed by atoms with Crippen LogP contribution in [0, 0.1) is 13.8 Å². The van der Waals surface area contributed by atoms with Gasteiger partial charge in [-0.3, -0.25) is 4.79 Å². The number of carbonyl (C=O) groups is 2. The van der Waals surface area contributed by atoms with Crippen molar-refractivity contribution in [3.05, 3.63) is 21.4 Å². The minimum atomic E-state index is -1.08. The fourth-order valence-corrected chi connectivity index (χ4v) is 2.96. The Balaban J connectivity index is 2.36. The van der Waals surface area contributed by atoms with Gasteiger partial charge in [-0.25, -0.2) is 4.79 Å². The third-order valence-electron chi connectivity index (χ3n) is 2.96. The van der Waals surface area contributed by atoms with Crippen LogP contribution in [0.1, 0.15) is 28.2 Å². The van der Waals surface area contributed by atoms with Crippen LogP contribution in [0.3, 0.4) is 0 Å². The topological polar surface area (TPSA) is 75.6 Å². The number of carboxylic acids is 1. The summed E-state index contributed by atoms with van der Waals surface area (Å²) in [5.74, 6) is -1.33. The first-order valence-corrected chi connectivity index (χ1v) is 7.32. The average molecular weight is 299 g/mol. The summed E-state index contributed by atoms with van der Waals surface area (Å²) in [5, 5.41) is 11.4. The van der Waals surface area contributed by atoms with Gasteiger partial charge in [-0.15, -0.1) is 11.3 Å². The van der Waals surface area contributed by atoms with Gasteiger partial charge >= 0.3 is 5.97 Å². The molecule has 5 nitrogen and oxygen atoms in total. The summed E-state index contributed by atoms with van der Waals surface area (Å²) in [6.07, 6.45) is 1.87. The lowest BCUT2D eigenvalue weighted by molar-refractivity contribution is -0.143. The Labute approximate surface area is 123 Å². The Kier molecular flexibility index (Phi) is 6.67. The average Bonchev–Trinajstić information content (AvgIpc) is 2.67. The summed E-state index contributed by atoms with van der Waals surface area (Å²) in [6, 6.07) is 1.17. The molecule has 0 aromatic carbocycles. The summed E-state index contributed by atoms with van der Waals surface area (Å²) >= 11 is 1.75. The molecule has 1 amide bonds. The zero-order valence-electron chi connectivity index (χ0n) is 12.1. The van der Waals surface area contributed by atoms with Gasteiger partial charge in [0.2, 0.25) is 5.91 Å². The van der Waals surface area contributed by atoms with Gasteiger partial charge in [-0.1, -0.05) is 0 Å². The van der Waals surface area contributed by atoms with Gasteiger partial charge < -0.3 is 15.2 Å². The molecule has 20 heavy (non-hydrogen) atoms. The molecule has 0 bridgehead atoms. The summed E-state index contributed by atoms with van der Waals surface area (Å²) < 4.78 is 4.76. The molecule has 1 aromatic heterocycles. The zero-order chi connectivity index (χ0) is 15.1. The maximum atomic E-state index is 11.7. The number of hydrogen-bond donors (Lipinski definition) is 2. The predicted octanol–water partition coefficient (Wildman–Crippen LogP) is 1.90. The first kappa shape index (κ1) is 16.7. The maximum Gasteiger partial charge on any atom is 0.328 e. The van der Waals surface area contributed by atoms with Crippen molar-refractivity contribution in [2.75, 3.05) is 13.7 Å². The van der Waals surface area contributed by atoms with Gasteiger partial charge in [0.25, 0.3) is 0 Å². The molecule has 1 heterocycles. The Morgan fingerprint density at radius 2 is 2.15 bits per heavy atom. The molecule has 0 saturated carbocycles. The lowest BCUT2D eigenvalue weighted by Gasteiger charge is -2.13. The number of aryl methyl sites for hydroxylation is 3. The van der Waals surface area contributed by atoms with Gasteiger partial charge in [0.05, 0.1) is 6.61 Å². The molecule has 0 radical (unpaired) electrons. The first-order chi connectivity index (χ1) is 9.43. The van der Waals surface area contributed by atoms with Crippen LogP contribution in [0.15, 0.2) is 6.07 Å². The highest BCUT2D eigenvalue weighted by Gasteiger charge is 2.19. The summed E-state index contributed by atoms with van der Waals surface area (Å²) in [5.41, 5.74) is 1.27. The first-order valence-electron chi connectivity index (χ1n) is 6.51. The van der Waals surface area contributed by atoms with Crippen LogP contribution in [0.4, 0.5) is 0 Å². The molecular weight excluding hydrogens is 278 g/mol. The maximum absolute atomic E-state index is 11.7. The molecule has 0 spiro atoms. The van der Waals surface area contributed by atoms with E-state index in [0.717, 1.165) is 6.42 Å². The predicted molar refractivity (Wildman–Crippen MR) is 78.2 cm³/mol. The van der Waals surface area contributed by atoms with Gasteiger partial charge in [0, 0.05) is 23.3 Å². The summed E-state index contributed by atoms with van der Waals surface area (Å²) in [7, 11) is 1.41. The number of rotatable bonds is 8. The molecule has 0 aliphatic rings. The number of thiophene rings is 1. The van der Waals surface area contributed by atoms with Crippen molar-refractivity contribution < 1.29 is 19.4 Å². The van der Waals surface area contributed by atoms with Crippen LogP contribution >= 0.6 is 11.3 Å². The van der Waals surface area contributed by atoms with E-state index in [1.807, 2.05) is 0 Å². The molecule has 0 saturated heterocycles. The van der Waals surface area contributed by atoms with Crippen LogP contribution in [0.5, 0.6) is 0 Å². The highest BCUT2D eigenvalue weighted by Crippen LogP contribution is 2.22. The normalized spacial score (nSPS) is 12.2. The van der Waals surface area contributed by atoms with Crippen molar-refractivity contribution in [3.63, 3.8) is 0 Å². The monoisotopic (exact) mass is 299 g/mol.